The van der Waals surface area contributed by atoms with Gasteiger partial charge in [0, 0.05) is 12.5 Å². The Morgan fingerprint density at radius 1 is 0.388 bits per heavy atom. The normalized spacial score (nSPS) is 16.6. The van der Waals surface area contributed by atoms with Gasteiger partial charge in [-0.1, -0.05) is 12.1 Å². The number of rotatable bonds is 24. The standard InChI is InChI=1S/C33H13F43N2O2/c1-8-4-3-5-10(11(8)77-7-79)12(80)78-9(2)6-13(34,35)14(36,37)15(38,39)16(40,41)17(42,43)18(44,45)19(46,47)20(48,49)21(50,51)22(52,53)23(54,55)24(56,57)25(58,59)26(60,61)27(62,63)28(64,65)29(66,67)30(68,69)31(70,71)32(72,73)33(74,75)76/h3-5,9H,6H2,1-2H3,(H,78,80). The molecule has 0 fully saturated rings. The van der Waals surface area contributed by atoms with Crippen LogP contribution in [0, 0.1) is 6.92 Å². The third kappa shape index (κ3) is 9.02. The summed E-state index contributed by atoms with van der Waals surface area (Å²) in [5, 5.41) is 1.10. The summed E-state index contributed by atoms with van der Waals surface area (Å²) in [6, 6.07) is -0.677. The first kappa shape index (κ1) is 73.1. The number of nitrogens with one attached hydrogen (secondary N) is 1. The zero-order chi connectivity index (χ0) is 65.3. The van der Waals surface area contributed by atoms with Gasteiger partial charge in [-0.25, -0.2) is 4.79 Å². The molecular formula is C33H13F43N2O2. The van der Waals surface area contributed by atoms with Crippen LogP contribution in [0.1, 0.15) is 29.3 Å². The summed E-state index contributed by atoms with van der Waals surface area (Å²) in [5.74, 6) is -203. The second-order valence-electron chi connectivity index (χ2n) is 15.9. The first-order valence-electron chi connectivity index (χ1n) is 18.4. The maximum Gasteiger partial charge on any atom is 0.460 e. The van der Waals surface area contributed by atoms with Crippen LogP contribution in [0.3, 0.4) is 0 Å². The van der Waals surface area contributed by atoms with Gasteiger partial charge in [0.05, 0.1) is 11.3 Å². The lowest BCUT2D eigenvalue weighted by Gasteiger charge is -2.47. The first-order valence-corrected chi connectivity index (χ1v) is 18.4. The van der Waals surface area contributed by atoms with Crippen LogP contribution in [-0.2, 0) is 4.79 Å². The number of benzene rings is 1. The molecule has 4 nitrogen and oxygen atoms in total. The number of hydrogen-bond acceptors (Lipinski definition) is 3. The molecule has 0 aromatic heterocycles. The topological polar surface area (TPSA) is 58.5 Å². The number of isocyanates is 1. The summed E-state index contributed by atoms with van der Waals surface area (Å²) < 4.78 is 601. The van der Waals surface area contributed by atoms with E-state index in [4.69, 9.17) is 0 Å². The van der Waals surface area contributed by atoms with Crippen molar-refractivity contribution in [3.63, 3.8) is 0 Å². The fraction of sp³-hybridized carbons (Fsp3) is 0.758. The van der Waals surface area contributed by atoms with Gasteiger partial charge in [0.1, 0.15) is 0 Å². The second-order valence-corrected chi connectivity index (χ2v) is 15.9. The molecule has 1 atom stereocenters. The van der Waals surface area contributed by atoms with Crippen molar-refractivity contribution < 1.29 is 198 Å². The van der Waals surface area contributed by atoms with Crippen LogP contribution in [0.25, 0.3) is 0 Å². The Bertz CT molecular complexity index is 2500. The predicted octanol–water partition coefficient (Wildman–Crippen LogP) is 15.7. The lowest BCUT2D eigenvalue weighted by molar-refractivity contribution is -0.496. The zero-order valence-electron chi connectivity index (χ0n) is 36.0. The smallest absolute Gasteiger partial charge is 0.349 e. The zero-order valence-corrected chi connectivity index (χ0v) is 36.0. The predicted molar refractivity (Wildman–Crippen MR) is 166 cm³/mol. The number of halogens is 43. The van der Waals surface area contributed by atoms with Crippen molar-refractivity contribution in [1.82, 2.24) is 5.32 Å². The average Bonchev–Trinajstić information content (AvgIpc) is 3.24. The highest BCUT2D eigenvalue weighted by Gasteiger charge is 3.03. The molecule has 80 heavy (non-hydrogen) atoms. The Balaban J connectivity index is 4.05. The van der Waals surface area contributed by atoms with Gasteiger partial charge in [-0.2, -0.15) is 194 Å². The van der Waals surface area contributed by atoms with Crippen molar-refractivity contribution in [1.29, 1.82) is 0 Å². The maximum atomic E-state index is 14.6. The van der Waals surface area contributed by atoms with E-state index in [1.54, 1.807) is 0 Å². The van der Waals surface area contributed by atoms with Crippen molar-refractivity contribution >= 4 is 17.7 Å². The molecule has 47 heteroatoms. The number of carbonyl (C=O) groups excluding carboxylic acids is 2. The number of alkyl halides is 43. The number of aliphatic imine (C=N–C) groups is 1. The molecule has 1 amide bonds. The van der Waals surface area contributed by atoms with Gasteiger partial charge in [0.2, 0.25) is 6.08 Å². The maximum absolute atomic E-state index is 14.6. The van der Waals surface area contributed by atoms with E-state index in [1.807, 2.05) is 0 Å². The van der Waals surface area contributed by atoms with E-state index in [-0.39, 0.29) is 12.5 Å². The lowest BCUT2D eigenvalue weighted by Crippen LogP contribution is -2.80. The fourth-order valence-corrected chi connectivity index (χ4v) is 5.66. The van der Waals surface area contributed by atoms with Crippen LogP contribution in [-0.4, -0.2) is 143 Å². The Labute approximate surface area is 407 Å². The van der Waals surface area contributed by atoms with Gasteiger partial charge in [-0.3, -0.25) is 4.79 Å². The summed E-state index contributed by atoms with van der Waals surface area (Å²) >= 11 is 0. The van der Waals surface area contributed by atoms with Gasteiger partial charge in [0.25, 0.3) is 5.91 Å². The molecule has 0 aliphatic carbocycles. The largest absolute Gasteiger partial charge is 0.460 e. The van der Waals surface area contributed by atoms with Crippen LogP contribution in [0.2, 0.25) is 0 Å². The Morgan fingerprint density at radius 3 is 0.812 bits per heavy atom. The van der Waals surface area contributed by atoms with Crippen molar-refractivity contribution in [3.8, 4) is 0 Å². The molecular weight excluding hydrogens is 1270 g/mol. The SMILES string of the molecule is Cc1cccc(C(=O)NC(C)CC(F)(F)C(F)(F)C(F)(F)C(F)(F)C(F)(F)C(F)(F)C(F)(F)C(F)(F)C(F)(F)C(F)(F)C(F)(F)C(F)(F)C(F)(F)C(F)(F)C(F)(F)C(F)(F)C(F)(F)C(F)(F)C(F)(F)C(F)(F)C(F)(F)F)c1N=C=O. The average molecular weight is 1290 g/mol. The van der Waals surface area contributed by atoms with Gasteiger partial charge >= 0.3 is 125 Å². The Morgan fingerprint density at radius 2 is 0.600 bits per heavy atom. The molecule has 1 aromatic rings. The molecule has 1 rings (SSSR count). The molecule has 0 bridgehead atoms. The molecule has 0 heterocycles. The number of carbonyl (C=O) groups is 1. The highest BCUT2D eigenvalue weighted by Crippen LogP contribution is 2.72. The number of para-hydroxylation sites is 1. The molecule has 0 radical (unpaired) electrons. The monoisotopic (exact) mass is 1290 g/mol. The molecule has 0 aliphatic heterocycles. The minimum Gasteiger partial charge on any atom is -0.349 e. The van der Waals surface area contributed by atoms with Crippen LogP contribution < -0.4 is 5.32 Å². The van der Waals surface area contributed by atoms with E-state index in [0.717, 1.165) is 30.5 Å². The summed E-state index contributed by atoms with van der Waals surface area (Å²) in [4.78, 5) is 25.9. The van der Waals surface area contributed by atoms with Crippen molar-refractivity contribution in [2.75, 3.05) is 0 Å². The van der Waals surface area contributed by atoms with E-state index >= 15 is 0 Å². The molecule has 0 saturated carbocycles. The number of nitrogens with zero attached hydrogens (tertiary/aromatic N) is 1. The highest BCUT2D eigenvalue weighted by molar-refractivity contribution is 6.00. The van der Waals surface area contributed by atoms with Gasteiger partial charge in [-0.05, 0) is 25.5 Å². The van der Waals surface area contributed by atoms with E-state index < -0.39 is 154 Å². The molecule has 468 valence electrons. The van der Waals surface area contributed by atoms with Gasteiger partial charge < -0.3 is 5.32 Å². The summed E-state index contributed by atoms with van der Waals surface area (Å²) in [5.41, 5.74) is -2.05. The molecule has 0 aliphatic rings. The fourth-order valence-electron chi connectivity index (χ4n) is 5.66. The van der Waals surface area contributed by atoms with Gasteiger partial charge in [-0.15, -0.1) is 0 Å². The second kappa shape index (κ2) is 19.3. The van der Waals surface area contributed by atoms with Crippen molar-refractivity contribution in [2.24, 2.45) is 4.99 Å². The Kier molecular flexibility index (Phi) is 17.6. The number of hydrogen-bond donors (Lipinski definition) is 1. The van der Waals surface area contributed by atoms with E-state index in [1.165, 1.54) is 0 Å². The minimum atomic E-state index is -10.7. The summed E-state index contributed by atoms with van der Waals surface area (Å²) in [6.07, 6.45) is -11.3. The van der Waals surface area contributed by atoms with Crippen LogP contribution in [0.4, 0.5) is 194 Å². The third-order valence-corrected chi connectivity index (χ3v) is 10.5. The third-order valence-electron chi connectivity index (χ3n) is 10.5. The highest BCUT2D eigenvalue weighted by atomic mass is 19.4. The molecule has 0 saturated heterocycles. The summed E-state index contributed by atoms with van der Waals surface area (Å²) in [7, 11) is 0. The number of amides is 1. The van der Waals surface area contributed by atoms with E-state index in [2.05, 4.69) is 4.99 Å². The molecule has 1 N–H and O–H groups in total. The number of aryl methyl sites for hydroxylation is 1. The minimum absolute atomic E-state index is 0.0857. The Hall–Kier alpha value is -4.94. The van der Waals surface area contributed by atoms with Crippen molar-refractivity contribution in [2.45, 2.75) is 151 Å². The molecule has 1 unspecified atom stereocenters. The van der Waals surface area contributed by atoms with Crippen molar-refractivity contribution in [3.05, 3.63) is 29.3 Å². The quantitative estimate of drug-likeness (QED) is 0.0637. The van der Waals surface area contributed by atoms with Crippen LogP contribution in [0.15, 0.2) is 23.2 Å². The van der Waals surface area contributed by atoms with E-state index in [0.29, 0.717) is 6.07 Å². The van der Waals surface area contributed by atoms with E-state index in [9.17, 15) is 198 Å². The van der Waals surface area contributed by atoms with Gasteiger partial charge in [0.15, 0.2) is 0 Å². The molecule has 1 aromatic carbocycles. The summed E-state index contributed by atoms with van der Waals surface area (Å²) in [6.45, 7) is 0.904. The van der Waals surface area contributed by atoms with Crippen LogP contribution in [0.5, 0.6) is 0 Å². The first-order chi connectivity index (χ1) is 34.2. The van der Waals surface area contributed by atoms with Crippen LogP contribution >= 0.6 is 0 Å². The lowest BCUT2D eigenvalue weighted by atomic mass is 9.81. The molecule has 0 spiro atoms.